The number of morpholine rings is 1. The molecule has 0 unspecified atom stereocenters. The third-order valence-corrected chi connectivity index (χ3v) is 6.00. The Morgan fingerprint density at radius 1 is 1.22 bits per heavy atom. The van der Waals surface area contributed by atoms with Gasteiger partial charge in [0, 0.05) is 41.5 Å². The van der Waals surface area contributed by atoms with Crippen molar-refractivity contribution in [3.05, 3.63) is 59.1 Å². The smallest absolute Gasteiger partial charge is 0.264 e. The molecule has 10 heteroatoms. The van der Waals surface area contributed by atoms with Crippen LogP contribution in [0, 0.1) is 0 Å². The number of benzene rings is 2. The highest BCUT2D eigenvalue weighted by molar-refractivity contribution is 7.13. The van der Waals surface area contributed by atoms with Crippen molar-refractivity contribution in [2.24, 2.45) is 0 Å². The van der Waals surface area contributed by atoms with Crippen molar-refractivity contribution >= 4 is 39.1 Å². The van der Waals surface area contributed by atoms with Crippen molar-refractivity contribution in [2.45, 2.75) is 6.43 Å². The van der Waals surface area contributed by atoms with Gasteiger partial charge in [-0.05, 0) is 30.3 Å². The Bertz CT molecular complexity index is 1250. The van der Waals surface area contributed by atoms with Crippen LogP contribution in [0.1, 0.15) is 22.3 Å². The predicted octanol–water partition coefficient (Wildman–Crippen LogP) is 4.71. The molecule has 1 aliphatic rings. The summed E-state index contributed by atoms with van der Waals surface area (Å²) >= 11 is 1.31. The average molecular weight is 455 g/mol. The van der Waals surface area contributed by atoms with Gasteiger partial charge in [0.25, 0.3) is 12.3 Å². The highest BCUT2D eigenvalue weighted by Gasteiger charge is 2.22. The summed E-state index contributed by atoms with van der Waals surface area (Å²) in [6.45, 7) is 2.46. The molecule has 0 spiro atoms. The maximum atomic E-state index is 14.0. The number of hydrogen-bond acceptors (Lipinski definition) is 6. The van der Waals surface area contributed by atoms with E-state index in [1.807, 2.05) is 11.0 Å². The van der Waals surface area contributed by atoms with Crippen molar-refractivity contribution < 1.29 is 18.3 Å². The number of alkyl halides is 2. The van der Waals surface area contributed by atoms with E-state index < -0.39 is 6.43 Å². The average Bonchev–Trinajstić information content (AvgIpc) is 3.48. The number of H-pyrrole nitrogens is 1. The number of fused-ring (bicyclic) bond motifs is 1. The monoisotopic (exact) mass is 455 g/mol. The number of nitrogens with zero attached hydrogens (tertiary/aromatic N) is 3. The van der Waals surface area contributed by atoms with Gasteiger partial charge in [0.15, 0.2) is 5.13 Å². The number of carbonyl (C=O) groups is 1. The van der Waals surface area contributed by atoms with Gasteiger partial charge in [-0.2, -0.15) is 0 Å². The predicted molar refractivity (Wildman–Crippen MR) is 120 cm³/mol. The molecule has 7 nitrogen and oxygen atoms in total. The molecule has 0 atom stereocenters. The summed E-state index contributed by atoms with van der Waals surface area (Å²) in [6, 6.07) is 10.1. The first-order chi connectivity index (χ1) is 15.6. The lowest BCUT2D eigenvalue weighted by atomic mass is 10.1. The Labute approximate surface area is 186 Å². The van der Waals surface area contributed by atoms with Gasteiger partial charge in [0.05, 0.1) is 24.3 Å². The standard InChI is InChI=1S/C22H19F2N5O2S/c23-19(24)16-12-13(29-7-9-31-10-8-29)4-5-14(16)20-26-17-3-1-2-15(18(17)27-20)21(30)28-22-25-6-11-32-22/h1-6,11-12,19H,7-10H2,(H,26,27)(H,25,28,30). The minimum Gasteiger partial charge on any atom is -0.378 e. The number of halogens is 2. The van der Waals surface area contributed by atoms with Crippen LogP contribution >= 0.6 is 11.3 Å². The summed E-state index contributed by atoms with van der Waals surface area (Å²) < 4.78 is 33.3. The molecule has 32 heavy (non-hydrogen) atoms. The van der Waals surface area contributed by atoms with Crippen molar-refractivity contribution in [1.82, 2.24) is 15.0 Å². The third-order valence-electron chi connectivity index (χ3n) is 5.31. The van der Waals surface area contributed by atoms with Gasteiger partial charge in [0.1, 0.15) is 11.3 Å². The summed E-state index contributed by atoms with van der Waals surface area (Å²) in [5.41, 5.74) is 2.26. The molecule has 1 amide bonds. The number of ether oxygens (including phenoxy) is 1. The Hall–Kier alpha value is -3.37. The molecular weight excluding hydrogens is 436 g/mol. The molecule has 1 aliphatic heterocycles. The van der Waals surface area contributed by atoms with Crippen LogP contribution in [0.4, 0.5) is 19.6 Å². The first kappa shape index (κ1) is 20.5. The number of imidazole rings is 1. The number of aromatic nitrogens is 3. The zero-order chi connectivity index (χ0) is 22.1. The minimum atomic E-state index is -2.67. The van der Waals surface area contributed by atoms with E-state index in [4.69, 9.17) is 4.74 Å². The number of nitrogens with one attached hydrogen (secondary N) is 2. The maximum Gasteiger partial charge on any atom is 0.264 e. The fourth-order valence-corrected chi connectivity index (χ4v) is 4.28. The van der Waals surface area contributed by atoms with Crippen molar-refractivity contribution in [2.75, 3.05) is 36.5 Å². The largest absolute Gasteiger partial charge is 0.378 e. The molecule has 0 aliphatic carbocycles. The Morgan fingerprint density at radius 2 is 2.06 bits per heavy atom. The molecule has 3 heterocycles. The molecule has 164 valence electrons. The second kappa shape index (κ2) is 8.64. The number of amides is 1. The van der Waals surface area contributed by atoms with Crippen LogP contribution in [0.5, 0.6) is 0 Å². The van der Waals surface area contributed by atoms with Crippen LogP contribution in [0.3, 0.4) is 0 Å². The van der Waals surface area contributed by atoms with Crippen LogP contribution in [-0.4, -0.2) is 47.2 Å². The Kier molecular flexibility index (Phi) is 5.54. The molecule has 4 aromatic rings. The molecule has 5 rings (SSSR count). The number of hydrogen-bond donors (Lipinski definition) is 2. The highest BCUT2D eigenvalue weighted by Crippen LogP contribution is 2.34. The molecule has 1 fully saturated rings. The molecule has 0 bridgehead atoms. The van der Waals surface area contributed by atoms with Crippen LogP contribution in [0.25, 0.3) is 22.4 Å². The molecule has 2 aromatic heterocycles. The number of anilines is 2. The lowest BCUT2D eigenvalue weighted by molar-refractivity contribution is 0.102. The van der Waals surface area contributed by atoms with Crippen LogP contribution in [0.15, 0.2) is 48.0 Å². The van der Waals surface area contributed by atoms with Crippen LogP contribution < -0.4 is 10.2 Å². The molecular formula is C22H19F2N5O2S. The van der Waals surface area contributed by atoms with Crippen molar-refractivity contribution in [3.63, 3.8) is 0 Å². The van der Waals surface area contributed by atoms with Gasteiger partial charge < -0.3 is 14.6 Å². The van der Waals surface area contributed by atoms with Crippen molar-refractivity contribution in [3.8, 4) is 11.4 Å². The van der Waals surface area contributed by atoms with Crippen molar-refractivity contribution in [1.29, 1.82) is 0 Å². The number of aromatic amines is 1. The molecule has 0 saturated carbocycles. The summed E-state index contributed by atoms with van der Waals surface area (Å²) in [6.07, 6.45) is -1.08. The quantitative estimate of drug-likeness (QED) is 0.455. The summed E-state index contributed by atoms with van der Waals surface area (Å²) in [5.74, 6) is -0.0707. The Balaban J connectivity index is 1.52. The normalized spacial score (nSPS) is 14.3. The van der Waals surface area contributed by atoms with E-state index in [9.17, 15) is 13.6 Å². The number of rotatable bonds is 5. The lowest BCUT2D eigenvalue weighted by Gasteiger charge is -2.29. The van der Waals surface area contributed by atoms with Crippen LogP contribution in [0.2, 0.25) is 0 Å². The second-order valence-electron chi connectivity index (χ2n) is 7.25. The van der Waals surface area contributed by atoms with Gasteiger partial charge >= 0.3 is 0 Å². The maximum absolute atomic E-state index is 14.0. The minimum absolute atomic E-state index is 0.109. The number of carbonyl (C=O) groups excluding carboxylic acids is 1. The van der Waals surface area contributed by atoms with E-state index in [0.717, 1.165) is 5.69 Å². The van der Waals surface area contributed by atoms with Gasteiger partial charge in [-0.3, -0.25) is 10.1 Å². The third kappa shape index (κ3) is 3.94. The van der Waals surface area contributed by atoms with Gasteiger partial charge in [0.2, 0.25) is 0 Å². The topological polar surface area (TPSA) is 83.1 Å². The summed E-state index contributed by atoms with van der Waals surface area (Å²) in [7, 11) is 0. The second-order valence-corrected chi connectivity index (χ2v) is 8.14. The molecule has 2 N–H and O–H groups in total. The van der Waals surface area contributed by atoms with Gasteiger partial charge in [-0.1, -0.05) is 6.07 Å². The van der Waals surface area contributed by atoms with E-state index in [2.05, 4.69) is 20.3 Å². The van der Waals surface area contributed by atoms with E-state index in [1.165, 1.54) is 17.4 Å². The van der Waals surface area contributed by atoms with Gasteiger partial charge in [-0.25, -0.2) is 18.7 Å². The number of para-hydroxylation sites is 1. The SMILES string of the molecule is O=C(Nc1nccs1)c1cccc2[nH]c(-c3ccc(N4CCOCC4)cc3C(F)F)nc12. The summed E-state index contributed by atoms with van der Waals surface area (Å²) in [4.78, 5) is 26.4. The number of thiazole rings is 1. The van der Waals surface area contributed by atoms with E-state index >= 15 is 0 Å². The van der Waals surface area contributed by atoms with E-state index in [1.54, 1.807) is 35.8 Å². The Morgan fingerprint density at radius 3 is 2.81 bits per heavy atom. The van der Waals surface area contributed by atoms with Crippen LogP contribution in [-0.2, 0) is 4.74 Å². The van der Waals surface area contributed by atoms with Gasteiger partial charge in [-0.15, -0.1) is 11.3 Å². The first-order valence-electron chi connectivity index (χ1n) is 10.0. The molecule has 2 aromatic carbocycles. The molecule has 0 radical (unpaired) electrons. The first-order valence-corrected chi connectivity index (χ1v) is 10.9. The zero-order valence-electron chi connectivity index (χ0n) is 16.8. The fourth-order valence-electron chi connectivity index (χ4n) is 3.76. The van der Waals surface area contributed by atoms with E-state index in [0.29, 0.717) is 59.4 Å². The fraction of sp³-hybridized carbons (Fsp3) is 0.227. The zero-order valence-corrected chi connectivity index (χ0v) is 17.7. The molecule has 1 saturated heterocycles. The highest BCUT2D eigenvalue weighted by atomic mass is 32.1. The summed E-state index contributed by atoms with van der Waals surface area (Å²) in [5, 5.41) is 4.96. The lowest BCUT2D eigenvalue weighted by Crippen LogP contribution is -2.36. The van der Waals surface area contributed by atoms with E-state index in [-0.39, 0.29) is 11.5 Å².